The molecule has 1 saturated carbocycles. The van der Waals surface area contributed by atoms with Gasteiger partial charge < -0.3 is 15.4 Å². The van der Waals surface area contributed by atoms with E-state index in [2.05, 4.69) is 10.6 Å². The van der Waals surface area contributed by atoms with Crippen LogP contribution in [0.4, 0.5) is 11.4 Å². The number of anilines is 2. The van der Waals surface area contributed by atoms with Gasteiger partial charge in [-0.2, -0.15) is 0 Å². The number of carbonyl (C=O) groups is 1. The molecule has 1 aliphatic heterocycles. The molecular weight excluding hydrogens is 216 g/mol. The fourth-order valence-electron chi connectivity index (χ4n) is 2.32. The number of methoxy groups -OCH3 is 1. The van der Waals surface area contributed by atoms with E-state index < -0.39 is 0 Å². The van der Waals surface area contributed by atoms with Gasteiger partial charge in [-0.3, -0.25) is 0 Å². The van der Waals surface area contributed by atoms with Gasteiger partial charge in [-0.05, 0) is 25.0 Å². The first-order chi connectivity index (χ1) is 8.24. The number of rotatable bonds is 1. The maximum Gasteiger partial charge on any atom is 0.340 e. The van der Waals surface area contributed by atoms with E-state index in [-0.39, 0.29) is 5.97 Å². The predicted octanol–water partition coefficient (Wildman–Crippen LogP) is 2.09. The number of carbonyl (C=O) groups excluding carboxylic acids is 1. The number of hydrogen-bond acceptors (Lipinski definition) is 4. The van der Waals surface area contributed by atoms with Crippen molar-refractivity contribution in [1.82, 2.24) is 0 Å². The zero-order valence-electron chi connectivity index (χ0n) is 9.88. The van der Waals surface area contributed by atoms with Crippen LogP contribution in [0.2, 0.25) is 0 Å². The van der Waals surface area contributed by atoms with Gasteiger partial charge in [0.2, 0.25) is 0 Å². The van der Waals surface area contributed by atoms with Crippen LogP contribution >= 0.6 is 0 Å². The van der Waals surface area contributed by atoms with Crippen molar-refractivity contribution in [2.75, 3.05) is 30.8 Å². The minimum absolute atomic E-state index is 0.289. The van der Waals surface area contributed by atoms with Crippen LogP contribution in [0.5, 0.6) is 0 Å². The molecule has 0 aromatic heterocycles. The van der Waals surface area contributed by atoms with Gasteiger partial charge in [0.05, 0.1) is 24.0 Å². The molecule has 0 radical (unpaired) electrons. The van der Waals surface area contributed by atoms with Crippen molar-refractivity contribution in [3.05, 3.63) is 23.8 Å². The quantitative estimate of drug-likeness (QED) is 0.728. The maximum absolute atomic E-state index is 11.7. The summed E-state index contributed by atoms with van der Waals surface area (Å²) in [4.78, 5) is 11.7. The minimum atomic E-state index is -0.289. The number of para-hydroxylation sites is 1. The summed E-state index contributed by atoms with van der Waals surface area (Å²) >= 11 is 0. The molecule has 3 rings (SSSR count). The number of fused-ring (bicyclic) bond motifs is 1. The van der Waals surface area contributed by atoms with E-state index in [1.165, 1.54) is 20.0 Å². The van der Waals surface area contributed by atoms with Gasteiger partial charge in [0.1, 0.15) is 0 Å². The van der Waals surface area contributed by atoms with Crippen molar-refractivity contribution in [2.24, 2.45) is 5.41 Å². The first-order valence-electron chi connectivity index (χ1n) is 5.93. The molecule has 1 fully saturated rings. The standard InChI is InChI=1S/C13H16N2O2/c1-17-12(16)9-3-2-4-10-11(9)15-8-13(5-6-13)7-14-10/h2-4,14-15H,5-8H2,1H3. The van der Waals surface area contributed by atoms with E-state index in [9.17, 15) is 4.79 Å². The highest BCUT2D eigenvalue weighted by Gasteiger charge is 2.43. The third-order valence-electron chi connectivity index (χ3n) is 3.72. The average molecular weight is 232 g/mol. The van der Waals surface area contributed by atoms with E-state index in [1.807, 2.05) is 12.1 Å². The van der Waals surface area contributed by atoms with Gasteiger partial charge in [-0.25, -0.2) is 4.79 Å². The molecule has 1 aromatic rings. The molecule has 0 bridgehead atoms. The first-order valence-corrected chi connectivity index (χ1v) is 5.93. The van der Waals surface area contributed by atoms with Crippen LogP contribution in [-0.2, 0) is 4.74 Å². The summed E-state index contributed by atoms with van der Waals surface area (Å²) in [5.41, 5.74) is 2.88. The summed E-state index contributed by atoms with van der Waals surface area (Å²) in [6, 6.07) is 5.67. The van der Waals surface area contributed by atoms with Gasteiger partial charge in [-0.15, -0.1) is 0 Å². The van der Waals surface area contributed by atoms with Crippen LogP contribution < -0.4 is 10.6 Å². The Balaban J connectivity index is 1.97. The minimum Gasteiger partial charge on any atom is -0.465 e. The van der Waals surface area contributed by atoms with E-state index in [0.717, 1.165) is 24.5 Å². The number of benzene rings is 1. The molecule has 0 atom stereocenters. The predicted molar refractivity (Wildman–Crippen MR) is 66.4 cm³/mol. The van der Waals surface area contributed by atoms with Crippen molar-refractivity contribution >= 4 is 17.3 Å². The van der Waals surface area contributed by atoms with Crippen LogP contribution in [-0.4, -0.2) is 26.2 Å². The normalized spacial score (nSPS) is 19.6. The average Bonchev–Trinajstić information content (AvgIpc) is 3.16. The molecule has 1 spiro atoms. The van der Waals surface area contributed by atoms with Gasteiger partial charge in [0.25, 0.3) is 0 Å². The van der Waals surface area contributed by atoms with Crippen LogP contribution in [0.1, 0.15) is 23.2 Å². The molecule has 0 unspecified atom stereocenters. The molecule has 4 nitrogen and oxygen atoms in total. The van der Waals surface area contributed by atoms with Crippen molar-refractivity contribution in [2.45, 2.75) is 12.8 Å². The molecule has 1 aromatic carbocycles. The highest BCUT2D eigenvalue weighted by Crippen LogP contribution is 2.48. The van der Waals surface area contributed by atoms with Crippen molar-refractivity contribution < 1.29 is 9.53 Å². The Hall–Kier alpha value is -1.71. The van der Waals surface area contributed by atoms with Crippen LogP contribution in [0, 0.1) is 5.41 Å². The lowest BCUT2D eigenvalue weighted by Crippen LogP contribution is -2.20. The highest BCUT2D eigenvalue weighted by atomic mass is 16.5. The van der Waals surface area contributed by atoms with Gasteiger partial charge in [-0.1, -0.05) is 6.07 Å². The number of esters is 1. The molecule has 0 saturated heterocycles. The first kappa shape index (κ1) is 10.4. The monoisotopic (exact) mass is 232 g/mol. The van der Waals surface area contributed by atoms with Crippen LogP contribution in [0.15, 0.2) is 18.2 Å². The lowest BCUT2D eigenvalue weighted by atomic mass is 10.1. The smallest absolute Gasteiger partial charge is 0.340 e. The Morgan fingerprint density at radius 3 is 2.76 bits per heavy atom. The lowest BCUT2D eigenvalue weighted by Gasteiger charge is -2.12. The van der Waals surface area contributed by atoms with Crippen molar-refractivity contribution in [3.8, 4) is 0 Å². The zero-order chi connectivity index (χ0) is 11.9. The van der Waals surface area contributed by atoms with Crippen molar-refractivity contribution in [1.29, 1.82) is 0 Å². The number of ether oxygens (including phenoxy) is 1. The lowest BCUT2D eigenvalue weighted by molar-refractivity contribution is 0.0602. The van der Waals surface area contributed by atoms with Gasteiger partial charge in [0, 0.05) is 18.5 Å². The van der Waals surface area contributed by atoms with E-state index >= 15 is 0 Å². The second kappa shape index (κ2) is 3.65. The zero-order valence-corrected chi connectivity index (χ0v) is 9.88. The van der Waals surface area contributed by atoms with Gasteiger partial charge in [0.15, 0.2) is 0 Å². The summed E-state index contributed by atoms with van der Waals surface area (Å²) < 4.78 is 4.80. The second-order valence-corrected chi connectivity index (χ2v) is 4.93. The summed E-state index contributed by atoms with van der Waals surface area (Å²) in [7, 11) is 1.41. The third-order valence-corrected chi connectivity index (χ3v) is 3.72. The molecule has 2 aliphatic rings. The van der Waals surface area contributed by atoms with E-state index in [0.29, 0.717) is 11.0 Å². The Kier molecular flexibility index (Phi) is 2.24. The number of hydrogen-bond donors (Lipinski definition) is 2. The summed E-state index contributed by atoms with van der Waals surface area (Å²) in [6.07, 6.45) is 2.52. The SMILES string of the molecule is COC(=O)c1cccc2c1NCC1(CC1)CN2. The number of nitrogens with one attached hydrogen (secondary N) is 2. The molecule has 90 valence electrons. The summed E-state index contributed by atoms with van der Waals surface area (Å²) in [5.74, 6) is -0.289. The Labute approximate surface area is 100 Å². The summed E-state index contributed by atoms with van der Waals surface area (Å²) in [6.45, 7) is 1.92. The fourth-order valence-corrected chi connectivity index (χ4v) is 2.32. The van der Waals surface area contributed by atoms with Gasteiger partial charge >= 0.3 is 5.97 Å². The Bertz CT molecular complexity index is 466. The van der Waals surface area contributed by atoms with Crippen LogP contribution in [0.25, 0.3) is 0 Å². The molecule has 17 heavy (non-hydrogen) atoms. The van der Waals surface area contributed by atoms with Crippen LogP contribution in [0.3, 0.4) is 0 Å². The fraction of sp³-hybridized carbons (Fsp3) is 0.462. The molecular formula is C13H16N2O2. The molecule has 4 heteroatoms. The topological polar surface area (TPSA) is 50.4 Å². The third kappa shape index (κ3) is 1.73. The molecule has 1 aliphatic carbocycles. The van der Waals surface area contributed by atoms with E-state index in [1.54, 1.807) is 6.07 Å². The van der Waals surface area contributed by atoms with Crippen molar-refractivity contribution in [3.63, 3.8) is 0 Å². The second-order valence-electron chi connectivity index (χ2n) is 4.93. The largest absolute Gasteiger partial charge is 0.465 e. The molecule has 1 heterocycles. The Morgan fingerprint density at radius 1 is 1.29 bits per heavy atom. The maximum atomic E-state index is 11.7. The summed E-state index contributed by atoms with van der Waals surface area (Å²) in [5, 5.41) is 6.83. The Morgan fingerprint density at radius 2 is 2.06 bits per heavy atom. The molecule has 0 amide bonds. The highest BCUT2D eigenvalue weighted by molar-refractivity contribution is 5.99. The molecule has 2 N–H and O–H groups in total. The van der Waals surface area contributed by atoms with E-state index in [4.69, 9.17) is 4.74 Å².